The van der Waals surface area contributed by atoms with Crippen molar-refractivity contribution in [2.75, 3.05) is 13.2 Å². The van der Waals surface area contributed by atoms with E-state index >= 15 is 0 Å². The largest absolute Gasteiger partial charge is 0.462 e. The van der Waals surface area contributed by atoms with Crippen molar-refractivity contribution in [1.82, 2.24) is 0 Å². The average Bonchev–Trinajstić information content (AvgIpc) is 3.37. The molecule has 0 aromatic heterocycles. The van der Waals surface area contributed by atoms with Crippen molar-refractivity contribution < 1.29 is 28.6 Å². The lowest BCUT2D eigenvalue weighted by molar-refractivity contribution is -0.167. The number of allylic oxidation sites excluding steroid dienone is 16. The Bertz CT molecular complexity index is 1410. The molecule has 0 amide bonds. The Morgan fingerprint density at radius 3 is 0.859 bits per heavy atom. The number of unbranched alkanes of at least 4 members (excludes halogenated alkanes) is 26. The van der Waals surface area contributed by atoms with Crippen LogP contribution in [0.5, 0.6) is 0 Å². The zero-order valence-corrected chi connectivity index (χ0v) is 46.5. The Hall–Kier alpha value is -3.67. The van der Waals surface area contributed by atoms with Crippen LogP contribution in [0.15, 0.2) is 97.2 Å². The van der Waals surface area contributed by atoms with Gasteiger partial charge in [0.2, 0.25) is 0 Å². The maximum Gasteiger partial charge on any atom is 0.306 e. The van der Waals surface area contributed by atoms with Crippen LogP contribution in [0.2, 0.25) is 0 Å². The van der Waals surface area contributed by atoms with Crippen LogP contribution in [0.1, 0.15) is 278 Å². The van der Waals surface area contributed by atoms with E-state index in [1.807, 2.05) is 0 Å². The summed E-state index contributed by atoms with van der Waals surface area (Å²) in [7, 11) is 0. The highest BCUT2D eigenvalue weighted by atomic mass is 16.6. The SMILES string of the molecule is CC/C=C\C/C=C\C/C=C\C/C=C\CCCCCCCCCCCCCCCCC(=O)OCC(COC(=O)CCCCCCC)OC(=O)CCCCCCCCCC/C=C\C/C=C\C/C=C\C/C=C\CC. The quantitative estimate of drug-likeness (QED) is 0.0261. The molecule has 0 aromatic carbocycles. The summed E-state index contributed by atoms with van der Waals surface area (Å²) in [6.45, 7) is 6.34. The number of carbonyl (C=O) groups is 3. The number of ether oxygens (including phenoxy) is 3. The van der Waals surface area contributed by atoms with E-state index < -0.39 is 6.10 Å². The van der Waals surface area contributed by atoms with Gasteiger partial charge in [-0.15, -0.1) is 0 Å². The Labute approximate surface area is 438 Å². The zero-order chi connectivity index (χ0) is 51.4. The molecular formula is C65H110O6. The van der Waals surface area contributed by atoms with E-state index in [9.17, 15) is 14.4 Å². The van der Waals surface area contributed by atoms with Crippen LogP contribution in [0.4, 0.5) is 0 Å². The lowest BCUT2D eigenvalue weighted by Gasteiger charge is -2.18. The average molecular weight is 988 g/mol. The van der Waals surface area contributed by atoms with Crippen molar-refractivity contribution in [3.63, 3.8) is 0 Å². The molecule has 0 bridgehead atoms. The van der Waals surface area contributed by atoms with Gasteiger partial charge in [0.25, 0.3) is 0 Å². The molecule has 0 heterocycles. The molecule has 0 aromatic rings. The summed E-state index contributed by atoms with van der Waals surface area (Å²) in [5, 5.41) is 0. The molecule has 1 unspecified atom stereocenters. The van der Waals surface area contributed by atoms with Crippen LogP contribution in [0.25, 0.3) is 0 Å². The van der Waals surface area contributed by atoms with Crippen LogP contribution in [-0.4, -0.2) is 37.2 Å². The van der Waals surface area contributed by atoms with Gasteiger partial charge in [-0.2, -0.15) is 0 Å². The van der Waals surface area contributed by atoms with Crippen molar-refractivity contribution >= 4 is 17.9 Å². The zero-order valence-electron chi connectivity index (χ0n) is 46.5. The summed E-state index contributed by atoms with van der Waals surface area (Å²) in [5.41, 5.74) is 0. The summed E-state index contributed by atoms with van der Waals surface area (Å²) in [5.74, 6) is -0.898. The molecular weight excluding hydrogens is 877 g/mol. The van der Waals surface area contributed by atoms with Gasteiger partial charge in [-0.3, -0.25) is 14.4 Å². The van der Waals surface area contributed by atoms with Gasteiger partial charge in [-0.05, 0) is 96.3 Å². The Kier molecular flexibility index (Phi) is 55.9. The van der Waals surface area contributed by atoms with Crippen LogP contribution >= 0.6 is 0 Å². The van der Waals surface area contributed by atoms with Gasteiger partial charge in [-0.25, -0.2) is 0 Å². The standard InChI is InChI=1S/C65H110O6/c1-4-7-10-13-15-17-19-21-23-25-27-29-30-31-32-33-34-36-37-39-41-43-45-47-49-52-55-58-64(67)70-61-62(60-69-63(66)57-54-51-12-9-6-3)71-65(68)59-56-53-50-48-46-44-42-40-38-35-28-26-24-22-20-18-16-14-11-8-5-2/h7-8,10-11,15-18,21-24,27-29,35,62H,4-6,9,12-14,19-20,25-26,30-34,36-61H2,1-3H3/b10-7-,11-8-,17-15-,18-16-,23-21-,24-22-,29-27-,35-28-. The number of rotatable bonds is 53. The van der Waals surface area contributed by atoms with Gasteiger partial charge in [0.15, 0.2) is 6.10 Å². The lowest BCUT2D eigenvalue weighted by Crippen LogP contribution is -2.30. The van der Waals surface area contributed by atoms with Gasteiger partial charge in [-0.1, -0.05) is 259 Å². The second kappa shape index (κ2) is 58.9. The molecule has 0 fully saturated rings. The monoisotopic (exact) mass is 987 g/mol. The van der Waals surface area contributed by atoms with Crippen molar-refractivity contribution in [1.29, 1.82) is 0 Å². The molecule has 6 heteroatoms. The highest BCUT2D eigenvalue weighted by Crippen LogP contribution is 2.16. The van der Waals surface area contributed by atoms with Crippen molar-refractivity contribution in [2.24, 2.45) is 0 Å². The fourth-order valence-electron chi connectivity index (χ4n) is 8.19. The third kappa shape index (κ3) is 57.1. The lowest BCUT2D eigenvalue weighted by atomic mass is 10.0. The summed E-state index contributed by atoms with van der Waals surface area (Å²) >= 11 is 0. The van der Waals surface area contributed by atoms with Crippen LogP contribution in [0.3, 0.4) is 0 Å². The van der Waals surface area contributed by atoms with Crippen molar-refractivity contribution in [3.05, 3.63) is 97.2 Å². The highest BCUT2D eigenvalue weighted by Gasteiger charge is 2.19. The topological polar surface area (TPSA) is 78.9 Å². The van der Waals surface area contributed by atoms with Crippen LogP contribution < -0.4 is 0 Å². The van der Waals surface area contributed by atoms with E-state index in [0.29, 0.717) is 19.3 Å². The fraction of sp³-hybridized carbons (Fsp3) is 0.708. The Morgan fingerprint density at radius 2 is 0.549 bits per heavy atom. The first kappa shape index (κ1) is 67.3. The van der Waals surface area contributed by atoms with E-state index in [2.05, 4.69) is 118 Å². The number of carbonyl (C=O) groups excluding carboxylic acids is 3. The van der Waals surface area contributed by atoms with Gasteiger partial charge < -0.3 is 14.2 Å². The van der Waals surface area contributed by atoms with Crippen molar-refractivity contribution in [3.8, 4) is 0 Å². The second-order valence-electron chi connectivity index (χ2n) is 19.5. The first-order chi connectivity index (χ1) is 35.0. The molecule has 1 atom stereocenters. The van der Waals surface area contributed by atoms with Gasteiger partial charge in [0.05, 0.1) is 0 Å². The maximum atomic E-state index is 12.8. The predicted molar refractivity (Wildman–Crippen MR) is 307 cm³/mol. The minimum absolute atomic E-state index is 0.0800. The fourth-order valence-corrected chi connectivity index (χ4v) is 8.19. The summed E-state index contributed by atoms with van der Waals surface area (Å²) < 4.78 is 16.7. The molecule has 6 nitrogen and oxygen atoms in total. The number of esters is 3. The molecule has 0 saturated heterocycles. The number of hydrogen-bond donors (Lipinski definition) is 0. The maximum absolute atomic E-state index is 12.8. The van der Waals surface area contributed by atoms with Gasteiger partial charge in [0, 0.05) is 19.3 Å². The molecule has 0 radical (unpaired) electrons. The minimum Gasteiger partial charge on any atom is -0.462 e. The molecule has 71 heavy (non-hydrogen) atoms. The first-order valence-electron chi connectivity index (χ1n) is 29.7. The molecule has 0 aliphatic heterocycles. The van der Waals surface area contributed by atoms with E-state index in [0.717, 1.165) is 122 Å². The second-order valence-corrected chi connectivity index (χ2v) is 19.5. The highest BCUT2D eigenvalue weighted by molar-refractivity contribution is 5.71. The van der Waals surface area contributed by atoms with E-state index in [-0.39, 0.29) is 31.1 Å². The number of hydrogen-bond acceptors (Lipinski definition) is 6. The first-order valence-corrected chi connectivity index (χ1v) is 29.7. The minimum atomic E-state index is -0.778. The van der Waals surface area contributed by atoms with Crippen LogP contribution in [-0.2, 0) is 28.6 Å². The predicted octanol–water partition coefficient (Wildman–Crippen LogP) is 20.1. The van der Waals surface area contributed by atoms with Crippen LogP contribution in [0, 0.1) is 0 Å². The van der Waals surface area contributed by atoms with Gasteiger partial charge >= 0.3 is 17.9 Å². The molecule has 0 N–H and O–H groups in total. The third-order valence-corrected chi connectivity index (χ3v) is 12.6. The molecule has 406 valence electrons. The molecule has 0 aliphatic carbocycles. The van der Waals surface area contributed by atoms with E-state index in [4.69, 9.17) is 14.2 Å². The van der Waals surface area contributed by atoms with E-state index in [1.165, 1.54) is 116 Å². The Balaban J connectivity index is 4.07. The molecule has 0 spiro atoms. The van der Waals surface area contributed by atoms with Gasteiger partial charge in [0.1, 0.15) is 13.2 Å². The molecule has 0 rings (SSSR count). The smallest absolute Gasteiger partial charge is 0.306 e. The summed E-state index contributed by atoms with van der Waals surface area (Å²) in [6.07, 6.45) is 78.8. The third-order valence-electron chi connectivity index (χ3n) is 12.6. The molecule has 0 saturated carbocycles. The summed E-state index contributed by atoms with van der Waals surface area (Å²) in [4.78, 5) is 37.9. The molecule has 0 aliphatic rings. The normalized spacial score (nSPS) is 12.8. The van der Waals surface area contributed by atoms with Crippen molar-refractivity contribution in [2.45, 2.75) is 284 Å². The van der Waals surface area contributed by atoms with E-state index in [1.54, 1.807) is 0 Å². The Morgan fingerprint density at radius 1 is 0.296 bits per heavy atom. The summed E-state index contributed by atoms with van der Waals surface area (Å²) in [6, 6.07) is 0.